The van der Waals surface area contributed by atoms with Gasteiger partial charge in [0.2, 0.25) is 0 Å². The van der Waals surface area contributed by atoms with Crippen LogP contribution < -0.4 is 0 Å². The molecule has 1 aliphatic carbocycles. The number of pyridine rings is 1. The number of thioether (sulfide) groups is 1. The minimum atomic E-state index is -0.507. The van der Waals surface area contributed by atoms with Gasteiger partial charge in [-0.2, -0.15) is 0 Å². The molecular weight excluding hydrogens is 523 g/mol. The number of benzene rings is 1. The number of nitro benzene ring substituents is 1. The third-order valence-electron chi connectivity index (χ3n) is 6.06. The topological polar surface area (TPSA) is 102 Å². The number of nitro groups is 1. The molecule has 2 aromatic heterocycles. The third-order valence-corrected chi connectivity index (χ3v) is 7.65. The fourth-order valence-electron chi connectivity index (χ4n) is 4.31. The van der Waals surface area contributed by atoms with Crippen molar-refractivity contribution in [1.29, 1.82) is 0 Å². The molecule has 36 heavy (non-hydrogen) atoms. The number of carbonyl (C=O) groups is 1. The first-order valence-electron chi connectivity index (χ1n) is 11.4. The number of hydrogen-bond donors (Lipinski definition) is 0. The average molecular weight is 543 g/mol. The number of furan rings is 1. The highest BCUT2D eigenvalue weighted by Crippen LogP contribution is 2.40. The van der Waals surface area contributed by atoms with Crippen LogP contribution in [0.3, 0.4) is 0 Å². The molecule has 5 rings (SSSR count). The van der Waals surface area contributed by atoms with Gasteiger partial charge in [0.05, 0.1) is 14.9 Å². The van der Waals surface area contributed by atoms with Crippen LogP contribution in [0.1, 0.15) is 37.9 Å². The van der Waals surface area contributed by atoms with Crippen molar-refractivity contribution in [3.8, 4) is 11.3 Å². The van der Waals surface area contributed by atoms with Crippen molar-refractivity contribution < 1.29 is 14.1 Å². The highest BCUT2D eigenvalue weighted by atomic mass is 35.5. The number of aliphatic imine (C=N–C) groups is 1. The van der Waals surface area contributed by atoms with Crippen LogP contribution in [0, 0.1) is 10.1 Å². The summed E-state index contributed by atoms with van der Waals surface area (Å²) in [6.45, 7) is 0. The van der Waals surface area contributed by atoms with Gasteiger partial charge in [-0.1, -0.05) is 42.5 Å². The molecule has 1 aromatic carbocycles. The van der Waals surface area contributed by atoms with Crippen LogP contribution in [-0.2, 0) is 4.79 Å². The molecule has 2 fully saturated rings. The van der Waals surface area contributed by atoms with Crippen molar-refractivity contribution in [2.75, 3.05) is 0 Å². The van der Waals surface area contributed by atoms with E-state index in [9.17, 15) is 14.9 Å². The van der Waals surface area contributed by atoms with E-state index >= 15 is 0 Å². The van der Waals surface area contributed by atoms with Gasteiger partial charge in [0.15, 0.2) is 10.3 Å². The lowest BCUT2D eigenvalue weighted by Crippen LogP contribution is -2.40. The minimum absolute atomic E-state index is 0.0740. The molecule has 0 bridgehead atoms. The van der Waals surface area contributed by atoms with E-state index in [0.717, 1.165) is 32.1 Å². The Bertz CT molecular complexity index is 1400. The van der Waals surface area contributed by atoms with E-state index in [0.29, 0.717) is 32.8 Å². The number of non-ortho nitro benzene ring substituents is 1. The van der Waals surface area contributed by atoms with Gasteiger partial charge < -0.3 is 4.42 Å². The van der Waals surface area contributed by atoms with Crippen molar-refractivity contribution in [1.82, 2.24) is 9.88 Å². The van der Waals surface area contributed by atoms with Crippen molar-refractivity contribution in [2.24, 2.45) is 4.99 Å². The molecule has 0 spiro atoms. The van der Waals surface area contributed by atoms with E-state index in [1.807, 2.05) is 0 Å². The summed E-state index contributed by atoms with van der Waals surface area (Å²) in [5.74, 6) is 0.772. The van der Waals surface area contributed by atoms with Crippen molar-refractivity contribution in [3.05, 3.63) is 79.6 Å². The maximum Gasteiger partial charge on any atom is 0.270 e. The number of aromatic nitrogens is 1. The predicted octanol–water partition coefficient (Wildman–Crippen LogP) is 7.49. The zero-order chi connectivity index (χ0) is 25.2. The molecule has 184 valence electrons. The quantitative estimate of drug-likeness (QED) is 0.143. The van der Waals surface area contributed by atoms with E-state index in [1.54, 1.807) is 47.5 Å². The lowest BCUT2D eigenvalue weighted by atomic mass is 9.94. The summed E-state index contributed by atoms with van der Waals surface area (Å²) in [5, 5.41) is 12.0. The molecule has 11 heteroatoms. The summed E-state index contributed by atoms with van der Waals surface area (Å²) in [4.78, 5) is 35.0. The molecule has 1 amide bonds. The first kappa shape index (κ1) is 24.5. The van der Waals surface area contributed by atoms with E-state index < -0.39 is 4.92 Å². The van der Waals surface area contributed by atoms with Crippen LogP contribution >= 0.6 is 35.0 Å². The first-order valence-corrected chi connectivity index (χ1v) is 12.9. The van der Waals surface area contributed by atoms with E-state index in [-0.39, 0.29) is 27.8 Å². The van der Waals surface area contributed by atoms with Crippen LogP contribution in [0.15, 0.2) is 63.0 Å². The Balaban J connectivity index is 1.46. The average Bonchev–Trinajstić information content (AvgIpc) is 3.45. The summed E-state index contributed by atoms with van der Waals surface area (Å²) >= 11 is 13.8. The molecule has 3 heterocycles. The van der Waals surface area contributed by atoms with Gasteiger partial charge in [0, 0.05) is 36.0 Å². The number of hydrogen-bond acceptors (Lipinski definition) is 7. The molecule has 0 N–H and O–H groups in total. The van der Waals surface area contributed by atoms with Crippen LogP contribution in [0.4, 0.5) is 11.4 Å². The Hall–Kier alpha value is -3.14. The SMILES string of the molecule is O=C1/C(=C\c2ccc(-c3ccc([N+](=O)[O-])cc3Cl)o2)SC(=Nc2cccnc2Cl)N1C1CCCCC1. The maximum absolute atomic E-state index is 13.5. The number of nitrogens with zero attached hydrogens (tertiary/aromatic N) is 4. The van der Waals surface area contributed by atoms with Crippen LogP contribution in [-0.4, -0.2) is 31.9 Å². The molecule has 8 nitrogen and oxygen atoms in total. The Kier molecular flexibility index (Phi) is 7.13. The van der Waals surface area contributed by atoms with Gasteiger partial charge in [-0.25, -0.2) is 9.98 Å². The van der Waals surface area contributed by atoms with E-state index in [4.69, 9.17) is 27.6 Å². The van der Waals surface area contributed by atoms with Gasteiger partial charge >= 0.3 is 0 Å². The molecule has 0 radical (unpaired) electrons. The second-order valence-corrected chi connectivity index (χ2v) is 10.2. The Labute approximate surface area is 221 Å². The second kappa shape index (κ2) is 10.5. The zero-order valence-electron chi connectivity index (χ0n) is 18.9. The van der Waals surface area contributed by atoms with Gasteiger partial charge in [-0.3, -0.25) is 19.8 Å². The number of carbonyl (C=O) groups excluding carboxylic acids is 1. The van der Waals surface area contributed by atoms with E-state index in [1.165, 1.54) is 23.9 Å². The lowest BCUT2D eigenvalue weighted by Gasteiger charge is -2.30. The number of amides is 1. The normalized spacial score (nSPS) is 18.9. The Morgan fingerprint density at radius 1 is 1.17 bits per heavy atom. The summed E-state index contributed by atoms with van der Waals surface area (Å²) in [5.41, 5.74) is 0.924. The standard InChI is InChI=1S/C25H20Cl2N4O4S/c26-19-13-16(31(33)34)8-10-18(19)21-11-9-17(35-21)14-22-24(32)30(15-5-2-1-3-6-15)25(36-22)29-20-7-4-12-28-23(20)27/h4,7-15H,1-3,5-6H2/b22-14+,29-25?. The maximum atomic E-state index is 13.5. The molecule has 1 saturated heterocycles. The Morgan fingerprint density at radius 3 is 2.69 bits per heavy atom. The molecule has 0 unspecified atom stereocenters. The molecule has 3 aromatic rings. The number of amidine groups is 1. The van der Waals surface area contributed by atoms with Crippen LogP contribution in [0.2, 0.25) is 10.2 Å². The predicted molar refractivity (Wildman–Crippen MR) is 141 cm³/mol. The van der Waals surface area contributed by atoms with Gasteiger partial charge in [-0.05, 0) is 54.9 Å². The summed E-state index contributed by atoms with van der Waals surface area (Å²) in [6.07, 6.45) is 8.41. The van der Waals surface area contributed by atoms with Crippen molar-refractivity contribution in [2.45, 2.75) is 38.1 Å². The van der Waals surface area contributed by atoms with Crippen LogP contribution in [0.5, 0.6) is 0 Å². The molecule has 1 aliphatic heterocycles. The summed E-state index contributed by atoms with van der Waals surface area (Å²) in [7, 11) is 0. The lowest BCUT2D eigenvalue weighted by molar-refractivity contribution is -0.384. The first-order chi connectivity index (χ1) is 17.4. The van der Waals surface area contributed by atoms with Gasteiger partial charge in [-0.15, -0.1) is 0 Å². The van der Waals surface area contributed by atoms with Crippen molar-refractivity contribution >= 4 is 63.5 Å². The molecular formula is C25H20Cl2N4O4S. The fraction of sp³-hybridized carbons (Fsp3) is 0.240. The summed E-state index contributed by atoms with van der Waals surface area (Å²) in [6, 6.07) is 11.2. The van der Waals surface area contributed by atoms with Gasteiger partial charge in [0.25, 0.3) is 11.6 Å². The Morgan fingerprint density at radius 2 is 1.97 bits per heavy atom. The van der Waals surface area contributed by atoms with E-state index in [2.05, 4.69) is 9.98 Å². The fourth-order valence-corrected chi connectivity index (χ4v) is 5.77. The molecule has 2 aliphatic rings. The van der Waals surface area contributed by atoms with Crippen molar-refractivity contribution in [3.63, 3.8) is 0 Å². The monoisotopic (exact) mass is 542 g/mol. The zero-order valence-corrected chi connectivity index (χ0v) is 21.2. The van der Waals surface area contributed by atoms with Gasteiger partial charge in [0.1, 0.15) is 17.2 Å². The highest BCUT2D eigenvalue weighted by Gasteiger charge is 2.39. The second-order valence-electron chi connectivity index (χ2n) is 8.41. The third kappa shape index (κ3) is 5.04. The highest BCUT2D eigenvalue weighted by molar-refractivity contribution is 8.18. The summed E-state index contributed by atoms with van der Waals surface area (Å²) < 4.78 is 5.93. The minimum Gasteiger partial charge on any atom is -0.457 e. The number of rotatable bonds is 5. The molecule has 0 atom stereocenters. The molecule has 1 saturated carbocycles. The smallest absolute Gasteiger partial charge is 0.270 e. The van der Waals surface area contributed by atoms with Crippen LogP contribution in [0.25, 0.3) is 17.4 Å². The largest absolute Gasteiger partial charge is 0.457 e. The number of halogens is 2.